The molecule has 2 aromatic rings. The van der Waals surface area contributed by atoms with Gasteiger partial charge in [0.05, 0.1) is 13.0 Å². The lowest BCUT2D eigenvalue weighted by Gasteiger charge is -2.04. The predicted octanol–water partition coefficient (Wildman–Crippen LogP) is 1.42. The molecule has 22 heavy (non-hydrogen) atoms. The van der Waals surface area contributed by atoms with Crippen LogP contribution in [0.3, 0.4) is 0 Å². The van der Waals surface area contributed by atoms with E-state index in [0.29, 0.717) is 13.0 Å². The monoisotopic (exact) mass is 304 g/mol. The molecule has 0 saturated heterocycles. The van der Waals surface area contributed by atoms with E-state index in [1.54, 1.807) is 0 Å². The first-order valence-electron chi connectivity index (χ1n) is 7.24. The first-order valence-corrected chi connectivity index (χ1v) is 7.24. The summed E-state index contributed by atoms with van der Waals surface area (Å²) in [5.74, 6) is -1.11. The molecular weight excluding hydrogens is 284 g/mol. The third-order valence-corrected chi connectivity index (χ3v) is 3.36. The molecular formula is C16H20N2O4. The summed E-state index contributed by atoms with van der Waals surface area (Å²) in [6.45, 7) is 3.06. The number of aromatic nitrogens is 1. The minimum Gasteiger partial charge on any atom is -0.480 e. The van der Waals surface area contributed by atoms with Gasteiger partial charge in [0.2, 0.25) is 5.91 Å². The summed E-state index contributed by atoms with van der Waals surface area (Å²) in [6, 6.07) is 8.00. The van der Waals surface area contributed by atoms with Gasteiger partial charge in [-0.15, -0.1) is 0 Å². The van der Waals surface area contributed by atoms with Crippen LogP contribution in [-0.2, 0) is 27.3 Å². The summed E-state index contributed by atoms with van der Waals surface area (Å²) < 4.78 is 6.99. The highest BCUT2D eigenvalue weighted by Crippen LogP contribution is 2.21. The van der Waals surface area contributed by atoms with Crippen LogP contribution < -0.4 is 5.32 Å². The van der Waals surface area contributed by atoms with Crippen molar-refractivity contribution in [3.05, 3.63) is 36.0 Å². The van der Waals surface area contributed by atoms with E-state index in [0.717, 1.165) is 23.0 Å². The largest absolute Gasteiger partial charge is 0.480 e. The second kappa shape index (κ2) is 7.61. The maximum Gasteiger partial charge on any atom is 0.329 e. The fraction of sp³-hybridized carbons (Fsp3) is 0.375. The van der Waals surface area contributed by atoms with Gasteiger partial charge in [-0.3, -0.25) is 4.79 Å². The molecule has 0 aliphatic rings. The van der Waals surface area contributed by atoms with Crippen LogP contribution in [0.2, 0.25) is 0 Å². The molecule has 118 valence electrons. The molecule has 2 N–H and O–H groups in total. The number of carboxylic acid groups (broad SMARTS) is 1. The number of aliphatic carboxylic acids is 1. The molecule has 1 aromatic carbocycles. The summed E-state index contributed by atoms with van der Waals surface area (Å²) >= 11 is 0. The van der Waals surface area contributed by atoms with Gasteiger partial charge in [-0.05, 0) is 18.6 Å². The van der Waals surface area contributed by atoms with E-state index in [1.165, 1.54) is 0 Å². The van der Waals surface area contributed by atoms with E-state index in [9.17, 15) is 9.59 Å². The zero-order valence-electron chi connectivity index (χ0n) is 12.5. The summed E-state index contributed by atoms with van der Waals surface area (Å²) in [4.78, 5) is 22.2. The van der Waals surface area contributed by atoms with Crippen LogP contribution >= 0.6 is 0 Å². The molecule has 0 bridgehead atoms. The molecule has 0 spiro atoms. The number of amides is 1. The first-order chi connectivity index (χ1) is 10.6. The SMILES string of the molecule is CCn1cc(CC(=O)NCCOCC(=O)O)c2ccccc21. The maximum absolute atomic E-state index is 12.0. The Kier molecular flexibility index (Phi) is 5.55. The molecule has 0 radical (unpaired) electrons. The maximum atomic E-state index is 12.0. The number of carbonyl (C=O) groups is 2. The Bertz CT molecular complexity index is 663. The molecule has 0 atom stereocenters. The number of hydrogen-bond donors (Lipinski definition) is 2. The Morgan fingerprint density at radius 2 is 2.09 bits per heavy atom. The van der Waals surface area contributed by atoms with Gasteiger partial charge in [0, 0.05) is 30.2 Å². The van der Waals surface area contributed by atoms with Crippen molar-refractivity contribution in [3.63, 3.8) is 0 Å². The number of carboxylic acids is 1. The highest BCUT2D eigenvalue weighted by atomic mass is 16.5. The van der Waals surface area contributed by atoms with Crippen LogP contribution in [0.5, 0.6) is 0 Å². The molecule has 0 aliphatic carbocycles. The minimum absolute atomic E-state index is 0.0991. The first kappa shape index (κ1) is 16.0. The van der Waals surface area contributed by atoms with Crippen molar-refractivity contribution in [2.45, 2.75) is 19.9 Å². The highest BCUT2D eigenvalue weighted by molar-refractivity contribution is 5.89. The van der Waals surface area contributed by atoms with Crippen molar-refractivity contribution in [2.75, 3.05) is 19.8 Å². The van der Waals surface area contributed by atoms with Crippen LogP contribution in [0, 0.1) is 0 Å². The van der Waals surface area contributed by atoms with Crippen molar-refractivity contribution in [1.29, 1.82) is 0 Å². The van der Waals surface area contributed by atoms with Crippen LogP contribution in [0.1, 0.15) is 12.5 Å². The molecule has 6 nitrogen and oxygen atoms in total. The lowest BCUT2D eigenvalue weighted by atomic mass is 10.1. The standard InChI is InChI=1S/C16H20N2O4/c1-2-18-10-12(13-5-3-4-6-14(13)18)9-15(19)17-7-8-22-11-16(20)21/h3-6,10H,2,7-9,11H2,1H3,(H,17,19)(H,20,21). The number of nitrogens with one attached hydrogen (secondary N) is 1. The second-order valence-corrected chi connectivity index (χ2v) is 4.93. The summed E-state index contributed by atoms with van der Waals surface area (Å²) in [5, 5.41) is 12.2. The third-order valence-electron chi connectivity index (χ3n) is 3.36. The van der Waals surface area contributed by atoms with Gasteiger partial charge in [0.15, 0.2) is 0 Å². The molecule has 0 unspecified atom stereocenters. The van der Waals surface area contributed by atoms with Gasteiger partial charge in [-0.25, -0.2) is 4.79 Å². The Labute approximate surface area is 128 Å². The number of fused-ring (bicyclic) bond motifs is 1. The van der Waals surface area contributed by atoms with Crippen molar-refractivity contribution < 1.29 is 19.4 Å². The van der Waals surface area contributed by atoms with Gasteiger partial charge in [-0.1, -0.05) is 18.2 Å². The van der Waals surface area contributed by atoms with Gasteiger partial charge >= 0.3 is 5.97 Å². The normalized spacial score (nSPS) is 10.8. The van der Waals surface area contributed by atoms with Gasteiger partial charge in [-0.2, -0.15) is 0 Å². The highest BCUT2D eigenvalue weighted by Gasteiger charge is 2.10. The molecule has 0 fully saturated rings. The molecule has 2 rings (SSSR count). The van der Waals surface area contributed by atoms with Crippen LogP contribution in [0.15, 0.2) is 30.5 Å². The van der Waals surface area contributed by atoms with Crippen molar-refractivity contribution in [1.82, 2.24) is 9.88 Å². The number of rotatable bonds is 8. The van der Waals surface area contributed by atoms with Crippen LogP contribution in [-0.4, -0.2) is 41.3 Å². The van der Waals surface area contributed by atoms with Crippen molar-refractivity contribution in [2.24, 2.45) is 0 Å². The van der Waals surface area contributed by atoms with E-state index < -0.39 is 5.97 Å². The molecule has 0 aliphatic heterocycles. The van der Waals surface area contributed by atoms with E-state index >= 15 is 0 Å². The topological polar surface area (TPSA) is 80.6 Å². The van der Waals surface area contributed by atoms with Gasteiger partial charge in [0.1, 0.15) is 6.61 Å². The summed E-state index contributed by atoms with van der Waals surface area (Å²) in [5.41, 5.74) is 2.11. The van der Waals surface area contributed by atoms with Gasteiger partial charge < -0.3 is 19.7 Å². The smallest absolute Gasteiger partial charge is 0.329 e. The quantitative estimate of drug-likeness (QED) is 0.723. The molecule has 1 amide bonds. The Morgan fingerprint density at radius 3 is 2.82 bits per heavy atom. The average molecular weight is 304 g/mol. The zero-order valence-corrected chi connectivity index (χ0v) is 12.5. The van der Waals surface area contributed by atoms with E-state index in [2.05, 4.69) is 16.8 Å². The Hall–Kier alpha value is -2.34. The fourth-order valence-corrected chi connectivity index (χ4v) is 2.38. The molecule has 1 heterocycles. The van der Waals surface area contributed by atoms with Crippen LogP contribution in [0.4, 0.5) is 0 Å². The third kappa shape index (κ3) is 4.08. The van der Waals surface area contributed by atoms with E-state index in [-0.39, 0.29) is 19.1 Å². The van der Waals surface area contributed by atoms with Crippen LogP contribution in [0.25, 0.3) is 10.9 Å². The number of aryl methyl sites for hydroxylation is 1. The van der Waals surface area contributed by atoms with Gasteiger partial charge in [0.25, 0.3) is 0 Å². The number of carbonyl (C=O) groups excluding carboxylic acids is 1. The summed E-state index contributed by atoms with van der Waals surface area (Å²) in [6.07, 6.45) is 2.30. The molecule has 6 heteroatoms. The van der Waals surface area contributed by atoms with Crippen molar-refractivity contribution in [3.8, 4) is 0 Å². The number of ether oxygens (including phenoxy) is 1. The lowest BCUT2D eigenvalue weighted by Crippen LogP contribution is -2.29. The van der Waals surface area contributed by atoms with E-state index in [4.69, 9.17) is 9.84 Å². The minimum atomic E-state index is -1.02. The number of para-hydroxylation sites is 1. The number of hydrogen-bond acceptors (Lipinski definition) is 3. The zero-order chi connectivity index (χ0) is 15.9. The van der Waals surface area contributed by atoms with Crippen molar-refractivity contribution >= 4 is 22.8 Å². The molecule has 1 aromatic heterocycles. The predicted molar refractivity (Wildman–Crippen MR) is 82.8 cm³/mol. The van der Waals surface area contributed by atoms with E-state index in [1.807, 2.05) is 30.5 Å². The Morgan fingerprint density at radius 1 is 1.32 bits per heavy atom. The lowest BCUT2D eigenvalue weighted by molar-refractivity contribution is -0.142. The fourth-order valence-electron chi connectivity index (χ4n) is 2.38. The second-order valence-electron chi connectivity index (χ2n) is 4.93. The molecule has 0 saturated carbocycles. The Balaban J connectivity index is 1.90. The number of benzene rings is 1. The number of nitrogens with zero attached hydrogens (tertiary/aromatic N) is 1. The summed E-state index contributed by atoms with van der Waals surface area (Å²) in [7, 11) is 0. The average Bonchev–Trinajstić information content (AvgIpc) is 2.85.